The molecule has 5 nitrogen and oxygen atoms in total. The average molecular weight is 251 g/mol. The summed E-state index contributed by atoms with van der Waals surface area (Å²) < 4.78 is 4.82. The summed E-state index contributed by atoms with van der Waals surface area (Å²) in [5, 5.41) is 3.90. The molecule has 1 aliphatic heterocycles. The van der Waals surface area contributed by atoms with E-state index in [1.165, 1.54) is 0 Å². The minimum absolute atomic E-state index is 0.146. The highest BCUT2D eigenvalue weighted by molar-refractivity contribution is 5.80. The van der Waals surface area contributed by atoms with Crippen molar-refractivity contribution in [3.8, 4) is 0 Å². The number of carbonyl (C=O) groups excluding carboxylic acids is 1. The summed E-state index contributed by atoms with van der Waals surface area (Å²) >= 11 is 0. The second kappa shape index (κ2) is 4.72. The van der Waals surface area contributed by atoms with E-state index in [0.29, 0.717) is 13.1 Å². The Morgan fingerprint density at radius 1 is 1.50 bits per heavy atom. The number of hydrogen-bond donors (Lipinski definition) is 0. The smallest absolute Gasteiger partial charge is 0.237 e. The normalized spacial score (nSPS) is 20.7. The third-order valence-electron chi connectivity index (χ3n) is 3.28. The molecule has 0 aromatic carbocycles. The maximum Gasteiger partial charge on any atom is 0.237 e. The quantitative estimate of drug-likeness (QED) is 0.817. The lowest BCUT2D eigenvalue weighted by molar-refractivity contribution is -0.148. The highest BCUT2D eigenvalue weighted by Gasteiger charge is 2.39. The zero-order chi connectivity index (χ0) is 13.3. The minimum Gasteiger partial charge on any atom is -0.364 e. The molecule has 0 N–H and O–H groups in total. The molecule has 1 fully saturated rings. The number of rotatable bonds is 3. The third-order valence-corrected chi connectivity index (χ3v) is 3.28. The molecule has 0 aliphatic carbocycles. The fourth-order valence-corrected chi connectivity index (χ4v) is 2.93. The van der Waals surface area contributed by atoms with Crippen LogP contribution in [-0.2, 0) is 11.3 Å². The SMILES string of the molecule is CC(C)N1C(=O)CN(Cc2ccon2)CC1(C)C. The van der Waals surface area contributed by atoms with E-state index in [1.54, 1.807) is 6.26 Å². The monoisotopic (exact) mass is 251 g/mol. The maximum absolute atomic E-state index is 12.2. The van der Waals surface area contributed by atoms with Gasteiger partial charge >= 0.3 is 0 Å². The van der Waals surface area contributed by atoms with Crippen molar-refractivity contribution in [2.45, 2.75) is 45.8 Å². The van der Waals surface area contributed by atoms with Gasteiger partial charge in [-0.1, -0.05) is 5.16 Å². The Morgan fingerprint density at radius 3 is 2.72 bits per heavy atom. The van der Waals surface area contributed by atoms with Gasteiger partial charge in [0.05, 0.1) is 17.8 Å². The number of amides is 1. The molecule has 0 spiro atoms. The lowest BCUT2D eigenvalue weighted by Gasteiger charge is -2.48. The maximum atomic E-state index is 12.2. The molecule has 1 aromatic heterocycles. The standard InChI is InChI=1S/C13H21N3O2/c1-10(2)16-12(17)8-15(9-13(16,3)4)7-11-5-6-18-14-11/h5-6,10H,7-9H2,1-4H3. The first kappa shape index (κ1) is 13.1. The van der Waals surface area contributed by atoms with Crippen LogP contribution >= 0.6 is 0 Å². The van der Waals surface area contributed by atoms with Gasteiger partial charge in [-0.3, -0.25) is 9.69 Å². The molecule has 1 amide bonds. The zero-order valence-corrected chi connectivity index (χ0v) is 11.5. The molecule has 18 heavy (non-hydrogen) atoms. The number of carbonyl (C=O) groups is 1. The molecule has 0 saturated carbocycles. The lowest BCUT2D eigenvalue weighted by Crippen LogP contribution is -2.63. The Balaban J connectivity index is 2.09. The zero-order valence-electron chi connectivity index (χ0n) is 11.5. The van der Waals surface area contributed by atoms with Crippen LogP contribution < -0.4 is 0 Å². The van der Waals surface area contributed by atoms with E-state index in [0.717, 1.165) is 12.2 Å². The van der Waals surface area contributed by atoms with Crippen LogP contribution in [0.2, 0.25) is 0 Å². The van der Waals surface area contributed by atoms with Crippen molar-refractivity contribution in [2.75, 3.05) is 13.1 Å². The van der Waals surface area contributed by atoms with Crippen LogP contribution in [0.5, 0.6) is 0 Å². The summed E-state index contributed by atoms with van der Waals surface area (Å²) in [5.41, 5.74) is 0.726. The average Bonchev–Trinajstić information content (AvgIpc) is 2.66. The minimum atomic E-state index is -0.146. The van der Waals surface area contributed by atoms with E-state index in [2.05, 4.69) is 37.8 Å². The van der Waals surface area contributed by atoms with Crippen molar-refractivity contribution in [3.63, 3.8) is 0 Å². The van der Waals surface area contributed by atoms with Crippen molar-refractivity contribution in [3.05, 3.63) is 18.0 Å². The molecule has 0 unspecified atom stereocenters. The highest BCUT2D eigenvalue weighted by atomic mass is 16.5. The van der Waals surface area contributed by atoms with Crippen molar-refractivity contribution in [2.24, 2.45) is 0 Å². The van der Waals surface area contributed by atoms with Crippen LogP contribution in [0, 0.1) is 0 Å². The first-order valence-corrected chi connectivity index (χ1v) is 6.34. The summed E-state index contributed by atoms with van der Waals surface area (Å²) in [7, 11) is 0. The first-order valence-electron chi connectivity index (χ1n) is 6.34. The van der Waals surface area contributed by atoms with E-state index < -0.39 is 0 Å². The van der Waals surface area contributed by atoms with Gasteiger partial charge in [-0.15, -0.1) is 0 Å². The molecule has 1 saturated heterocycles. The van der Waals surface area contributed by atoms with E-state index >= 15 is 0 Å². The molecule has 2 heterocycles. The van der Waals surface area contributed by atoms with Crippen molar-refractivity contribution in [1.82, 2.24) is 15.0 Å². The molecule has 0 radical (unpaired) electrons. The lowest BCUT2D eigenvalue weighted by atomic mass is 9.96. The Hall–Kier alpha value is -1.36. The van der Waals surface area contributed by atoms with E-state index in [-0.39, 0.29) is 17.5 Å². The van der Waals surface area contributed by atoms with Crippen molar-refractivity contribution in [1.29, 1.82) is 0 Å². The Bertz CT molecular complexity index is 412. The van der Waals surface area contributed by atoms with E-state index in [1.807, 2.05) is 11.0 Å². The fraction of sp³-hybridized carbons (Fsp3) is 0.692. The molecule has 0 bridgehead atoms. The molecular formula is C13H21N3O2. The molecular weight excluding hydrogens is 230 g/mol. The molecule has 2 rings (SSSR count). The second-order valence-corrected chi connectivity index (χ2v) is 5.81. The largest absolute Gasteiger partial charge is 0.364 e. The van der Waals surface area contributed by atoms with Crippen molar-refractivity contribution < 1.29 is 9.32 Å². The number of aromatic nitrogens is 1. The van der Waals surface area contributed by atoms with Gasteiger partial charge < -0.3 is 9.42 Å². The van der Waals surface area contributed by atoms with E-state index in [9.17, 15) is 4.79 Å². The van der Waals surface area contributed by atoms with E-state index in [4.69, 9.17) is 4.52 Å². The summed E-state index contributed by atoms with van der Waals surface area (Å²) in [4.78, 5) is 16.3. The van der Waals surface area contributed by atoms with Crippen LogP contribution in [0.15, 0.2) is 16.9 Å². The molecule has 1 aliphatic rings. The van der Waals surface area contributed by atoms with Crippen molar-refractivity contribution >= 4 is 5.91 Å². The Labute approximate surface area is 108 Å². The number of nitrogens with zero attached hydrogens (tertiary/aromatic N) is 3. The van der Waals surface area contributed by atoms with Gasteiger partial charge in [0.25, 0.3) is 0 Å². The fourth-order valence-electron chi connectivity index (χ4n) is 2.93. The second-order valence-electron chi connectivity index (χ2n) is 5.81. The topological polar surface area (TPSA) is 49.6 Å². The van der Waals surface area contributed by atoms with Gasteiger partial charge in [0.2, 0.25) is 5.91 Å². The molecule has 0 atom stereocenters. The first-order chi connectivity index (χ1) is 8.40. The van der Waals surface area contributed by atoms with Crippen LogP contribution in [0.1, 0.15) is 33.4 Å². The van der Waals surface area contributed by atoms with Gasteiger partial charge in [0.15, 0.2) is 0 Å². The molecule has 5 heteroatoms. The number of piperazine rings is 1. The van der Waals surface area contributed by atoms with Gasteiger partial charge in [-0.2, -0.15) is 0 Å². The van der Waals surface area contributed by atoms with Gasteiger partial charge in [0, 0.05) is 25.2 Å². The third kappa shape index (κ3) is 2.56. The molecule has 100 valence electrons. The predicted molar refractivity (Wildman–Crippen MR) is 67.8 cm³/mol. The van der Waals surface area contributed by atoms with Crippen LogP contribution in [0.25, 0.3) is 0 Å². The Kier molecular flexibility index (Phi) is 3.43. The van der Waals surface area contributed by atoms with Crippen LogP contribution in [-0.4, -0.2) is 45.5 Å². The summed E-state index contributed by atoms with van der Waals surface area (Å²) in [6.45, 7) is 10.3. The van der Waals surface area contributed by atoms with Gasteiger partial charge in [-0.05, 0) is 27.7 Å². The highest BCUT2D eigenvalue weighted by Crippen LogP contribution is 2.25. The summed E-state index contributed by atoms with van der Waals surface area (Å²) in [5.74, 6) is 0.185. The summed E-state index contributed by atoms with van der Waals surface area (Å²) in [6, 6.07) is 2.08. The van der Waals surface area contributed by atoms with Gasteiger partial charge in [0.1, 0.15) is 6.26 Å². The predicted octanol–water partition coefficient (Wildman–Crippen LogP) is 1.51. The van der Waals surface area contributed by atoms with Crippen LogP contribution in [0.4, 0.5) is 0 Å². The molecule has 1 aromatic rings. The summed E-state index contributed by atoms with van der Waals surface area (Å²) in [6.07, 6.45) is 1.56. The Morgan fingerprint density at radius 2 is 2.22 bits per heavy atom. The van der Waals surface area contributed by atoms with Gasteiger partial charge in [-0.25, -0.2) is 0 Å². The van der Waals surface area contributed by atoms with Crippen LogP contribution in [0.3, 0.4) is 0 Å². The number of hydrogen-bond acceptors (Lipinski definition) is 4.